The lowest BCUT2D eigenvalue weighted by Crippen LogP contribution is -2.38. The molecule has 4 nitrogen and oxygen atoms in total. The van der Waals surface area contributed by atoms with E-state index in [0.29, 0.717) is 12.1 Å². The van der Waals surface area contributed by atoms with E-state index < -0.39 is 0 Å². The molecule has 2 aliphatic carbocycles. The number of nitrogens with two attached hydrogens (primary N) is 1. The zero-order valence-electron chi connectivity index (χ0n) is 16.7. The van der Waals surface area contributed by atoms with Crippen molar-refractivity contribution in [1.29, 1.82) is 0 Å². The molecule has 0 aromatic heterocycles. The summed E-state index contributed by atoms with van der Waals surface area (Å²) in [6.07, 6.45) is 12.9. The molecule has 0 saturated heterocycles. The first kappa shape index (κ1) is 24.4. The van der Waals surface area contributed by atoms with Crippen molar-refractivity contribution in [2.75, 3.05) is 0 Å². The largest absolute Gasteiger partial charge is 0.353 e. The second kappa shape index (κ2) is 14.5. The van der Waals surface area contributed by atoms with Crippen molar-refractivity contribution in [1.82, 2.24) is 5.32 Å². The van der Waals surface area contributed by atoms with Gasteiger partial charge in [0, 0.05) is 23.9 Å². The molecule has 5 heteroatoms. The minimum absolute atomic E-state index is 0.0216. The molecule has 0 radical (unpaired) electrons. The van der Waals surface area contributed by atoms with Crippen LogP contribution in [0.2, 0.25) is 0 Å². The van der Waals surface area contributed by atoms with Crippen molar-refractivity contribution in [2.24, 2.45) is 17.6 Å². The van der Waals surface area contributed by atoms with E-state index in [1.165, 1.54) is 64.2 Å². The van der Waals surface area contributed by atoms with Crippen LogP contribution in [0.1, 0.15) is 91.9 Å². The molecule has 0 aromatic rings. The Morgan fingerprint density at radius 3 is 1.52 bits per heavy atom. The Morgan fingerprint density at radius 1 is 0.840 bits per heavy atom. The molecule has 0 spiro atoms. The zero-order valence-corrected chi connectivity index (χ0v) is 17.4. The van der Waals surface area contributed by atoms with Crippen molar-refractivity contribution < 1.29 is 9.59 Å². The molecule has 3 N–H and O–H groups in total. The maximum atomic E-state index is 11.3. The number of hydrogen-bond acceptors (Lipinski definition) is 3. The SMILES string of the molecule is CC(C)C(=O)Cl.CC(C)C(=O)NC1CCCCC1.NC1CCCCC1. The molecule has 0 aliphatic heterocycles. The Balaban J connectivity index is 0.000000378. The molecule has 0 aromatic carbocycles. The highest BCUT2D eigenvalue weighted by atomic mass is 35.5. The van der Waals surface area contributed by atoms with Crippen LogP contribution < -0.4 is 11.1 Å². The van der Waals surface area contributed by atoms with Gasteiger partial charge in [0.25, 0.3) is 0 Å². The first-order chi connectivity index (χ1) is 11.7. The van der Waals surface area contributed by atoms with Gasteiger partial charge in [0.1, 0.15) is 0 Å². The van der Waals surface area contributed by atoms with Crippen molar-refractivity contribution in [3.05, 3.63) is 0 Å². The topological polar surface area (TPSA) is 72.2 Å². The number of hydrogen-bond donors (Lipinski definition) is 2. The fourth-order valence-electron chi connectivity index (χ4n) is 2.75. The van der Waals surface area contributed by atoms with Crippen LogP contribution in [0.4, 0.5) is 0 Å². The van der Waals surface area contributed by atoms with Gasteiger partial charge in [-0.05, 0) is 37.3 Å². The Morgan fingerprint density at radius 2 is 1.24 bits per heavy atom. The molecule has 0 unspecified atom stereocenters. The highest BCUT2D eigenvalue weighted by molar-refractivity contribution is 6.63. The number of rotatable bonds is 3. The van der Waals surface area contributed by atoms with Gasteiger partial charge >= 0.3 is 0 Å². The van der Waals surface area contributed by atoms with Crippen LogP contribution >= 0.6 is 11.6 Å². The van der Waals surface area contributed by atoms with Crippen molar-refractivity contribution in [2.45, 2.75) is 104 Å². The average molecular weight is 375 g/mol. The molecule has 25 heavy (non-hydrogen) atoms. The van der Waals surface area contributed by atoms with Crippen molar-refractivity contribution in [3.63, 3.8) is 0 Å². The number of amides is 1. The fraction of sp³-hybridized carbons (Fsp3) is 0.900. The lowest BCUT2D eigenvalue weighted by molar-refractivity contribution is -0.124. The maximum absolute atomic E-state index is 11.3. The van der Waals surface area contributed by atoms with E-state index in [9.17, 15) is 9.59 Å². The van der Waals surface area contributed by atoms with Crippen LogP contribution in [0.5, 0.6) is 0 Å². The molecule has 0 bridgehead atoms. The Kier molecular flexibility index (Phi) is 14.2. The molecule has 2 fully saturated rings. The predicted octanol–water partition coefficient (Wildman–Crippen LogP) is 4.78. The second-order valence-corrected chi connectivity index (χ2v) is 8.23. The third-order valence-electron chi connectivity index (χ3n) is 4.58. The Labute approximate surface area is 159 Å². The maximum Gasteiger partial charge on any atom is 0.224 e. The standard InChI is InChI=1S/C10H19NO.C6H13N.C4H7ClO/c1-8(2)10(12)11-9-6-4-3-5-7-9;7-6-4-2-1-3-5-6;1-3(2)4(5)6/h8-9H,3-7H2,1-2H3,(H,11,12);6H,1-5,7H2;3H,1-2H3. The summed E-state index contributed by atoms with van der Waals surface area (Å²) in [5.74, 6) is 0.320. The second-order valence-electron chi connectivity index (χ2n) is 7.86. The number of carbonyl (C=O) groups is 2. The van der Waals surface area contributed by atoms with E-state index >= 15 is 0 Å². The minimum Gasteiger partial charge on any atom is -0.353 e. The van der Waals surface area contributed by atoms with E-state index in [0.717, 1.165) is 0 Å². The van der Waals surface area contributed by atoms with Gasteiger partial charge in [-0.3, -0.25) is 9.59 Å². The average Bonchev–Trinajstić information content (AvgIpc) is 2.57. The smallest absolute Gasteiger partial charge is 0.224 e. The summed E-state index contributed by atoms with van der Waals surface area (Å²) in [5.41, 5.74) is 5.63. The molecule has 2 aliphatic rings. The molecule has 1 amide bonds. The van der Waals surface area contributed by atoms with Crippen molar-refractivity contribution >= 4 is 22.8 Å². The van der Waals surface area contributed by atoms with Crippen LogP contribution in [-0.4, -0.2) is 23.2 Å². The van der Waals surface area contributed by atoms with Gasteiger partial charge in [-0.2, -0.15) is 0 Å². The molecular formula is C20H39ClN2O2. The normalized spacial score (nSPS) is 18.7. The van der Waals surface area contributed by atoms with Gasteiger partial charge in [-0.15, -0.1) is 0 Å². The van der Waals surface area contributed by atoms with E-state index in [2.05, 4.69) is 5.32 Å². The first-order valence-electron chi connectivity index (χ1n) is 9.99. The molecule has 2 rings (SSSR count). The monoisotopic (exact) mass is 374 g/mol. The van der Waals surface area contributed by atoms with Crippen LogP contribution in [0.25, 0.3) is 0 Å². The van der Waals surface area contributed by atoms with Crippen LogP contribution in [0.15, 0.2) is 0 Å². The summed E-state index contributed by atoms with van der Waals surface area (Å²) < 4.78 is 0. The van der Waals surface area contributed by atoms with E-state index in [1.807, 2.05) is 13.8 Å². The third kappa shape index (κ3) is 14.3. The quantitative estimate of drug-likeness (QED) is 0.698. The summed E-state index contributed by atoms with van der Waals surface area (Å²) in [6, 6.07) is 1.00. The van der Waals surface area contributed by atoms with Crippen LogP contribution in [0, 0.1) is 11.8 Å². The predicted molar refractivity (Wildman–Crippen MR) is 107 cm³/mol. The Bertz CT molecular complexity index is 361. The van der Waals surface area contributed by atoms with Gasteiger partial charge in [-0.25, -0.2) is 0 Å². The highest BCUT2D eigenvalue weighted by Gasteiger charge is 2.16. The van der Waals surface area contributed by atoms with Crippen LogP contribution in [-0.2, 0) is 9.59 Å². The first-order valence-corrected chi connectivity index (χ1v) is 10.4. The summed E-state index contributed by atoms with van der Waals surface area (Å²) in [4.78, 5) is 21.2. The van der Waals surface area contributed by atoms with Gasteiger partial charge in [-0.1, -0.05) is 66.2 Å². The van der Waals surface area contributed by atoms with Gasteiger partial charge in [0.15, 0.2) is 0 Å². The lowest BCUT2D eigenvalue weighted by Gasteiger charge is -2.23. The van der Waals surface area contributed by atoms with E-state index in [-0.39, 0.29) is 23.0 Å². The molecule has 2 saturated carbocycles. The third-order valence-corrected chi connectivity index (χ3v) is 5.02. The van der Waals surface area contributed by atoms with Gasteiger partial charge in [0.05, 0.1) is 0 Å². The van der Waals surface area contributed by atoms with Gasteiger partial charge in [0.2, 0.25) is 11.1 Å². The number of nitrogens with one attached hydrogen (secondary N) is 1. The number of carbonyl (C=O) groups excluding carboxylic acids is 2. The summed E-state index contributed by atoms with van der Waals surface area (Å²) in [5, 5.41) is 2.81. The summed E-state index contributed by atoms with van der Waals surface area (Å²) >= 11 is 4.97. The van der Waals surface area contributed by atoms with Crippen molar-refractivity contribution in [3.8, 4) is 0 Å². The fourth-order valence-corrected chi connectivity index (χ4v) is 2.75. The summed E-state index contributed by atoms with van der Waals surface area (Å²) in [7, 11) is 0. The van der Waals surface area contributed by atoms with E-state index in [4.69, 9.17) is 17.3 Å². The zero-order chi connectivity index (χ0) is 19.2. The highest BCUT2D eigenvalue weighted by Crippen LogP contribution is 2.17. The molecule has 0 atom stereocenters. The number of halogens is 1. The van der Waals surface area contributed by atoms with Gasteiger partial charge < -0.3 is 11.1 Å². The lowest BCUT2D eigenvalue weighted by atomic mass is 9.95. The van der Waals surface area contributed by atoms with Crippen LogP contribution in [0.3, 0.4) is 0 Å². The molecule has 0 heterocycles. The minimum atomic E-state index is -0.269. The Hall–Kier alpha value is -0.610. The molecule has 148 valence electrons. The van der Waals surface area contributed by atoms with E-state index in [1.54, 1.807) is 13.8 Å². The summed E-state index contributed by atoms with van der Waals surface area (Å²) in [6.45, 7) is 7.40. The molecular weight excluding hydrogens is 336 g/mol.